The smallest absolute Gasteiger partial charge is 0.340 e. The second kappa shape index (κ2) is 6.19. The van der Waals surface area contributed by atoms with Crippen molar-refractivity contribution in [2.45, 2.75) is 24.6 Å². The Hall–Kier alpha value is -1.66. The minimum absolute atomic E-state index is 0.141. The van der Waals surface area contributed by atoms with E-state index in [1.165, 1.54) is 11.8 Å². The molecule has 0 aromatic carbocycles. The lowest BCUT2D eigenvalue weighted by Gasteiger charge is -2.08. The van der Waals surface area contributed by atoms with Crippen molar-refractivity contribution in [3.8, 4) is 0 Å². The zero-order chi connectivity index (χ0) is 14.7. The lowest BCUT2D eigenvalue weighted by Crippen LogP contribution is -2.08. The Labute approximate surface area is 125 Å². The first-order valence-electron chi connectivity index (χ1n) is 5.79. The van der Waals surface area contributed by atoms with Crippen molar-refractivity contribution in [2.75, 3.05) is 0 Å². The quantitative estimate of drug-likeness (QED) is 0.690. The highest BCUT2D eigenvalue weighted by Gasteiger charge is 2.17. The topological polar surface area (TPSA) is 76.0 Å². The number of pyridine rings is 1. The zero-order valence-corrected chi connectivity index (χ0v) is 12.5. The molecule has 0 saturated carbocycles. The minimum Gasteiger partial charge on any atom is -0.478 e. The van der Waals surface area contributed by atoms with Crippen LogP contribution < -0.4 is 0 Å². The van der Waals surface area contributed by atoms with Crippen LogP contribution in [0.2, 0.25) is 5.02 Å². The maximum absolute atomic E-state index is 11.3. The van der Waals surface area contributed by atoms with Crippen LogP contribution in [-0.4, -0.2) is 26.0 Å². The fourth-order valence-corrected chi connectivity index (χ4v) is 2.90. The number of carboxylic acid groups (broad SMARTS) is 1. The van der Waals surface area contributed by atoms with Crippen molar-refractivity contribution >= 4 is 29.3 Å². The van der Waals surface area contributed by atoms with E-state index in [1.54, 1.807) is 32.2 Å². The van der Waals surface area contributed by atoms with E-state index in [4.69, 9.17) is 11.6 Å². The van der Waals surface area contributed by atoms with Crippen LogP contribution in [0.3, 0.4) is 0 Å². The van der Waals surface area contributed by atoms with Crippen LogP contribution in [0.5, 0.6) is 0 Å². The highest BCUT2D eigenvalue weighted by atomic mass is 35.5. The molecule has 0 fully saturated rings. The van der Waals surface area contributed by atoms with Crippen LogP contribution in [0, 0.1) is 13.8 Å². The van der Waals surface area contributed by atoms with Gasteiger partial charge in [0, 0.05) is 17.0 Å². The van der Waals surface area contributed by atoms with Crippen LogP contribution in [0.15, 0.2) is 23.4 Å². The second-order valence-corrected chi connectivity index (χ2v) is 5.50. The summed E-state index contributed by atoms with van der Waals surface area (Å²) in [6.45, 7) is 3.40. The number of aromatic carboxylic acids is 1. The normalized spacial score (nSPS) is 10.6. The van der Waals surface area contributed by atoms with Crippen LogP contribution in [0.4, 0.5) is 0 Å². The maximum Gasteiger partial charge on any atom is 0.340 e. The number of hydrogen-bond acceptors (Lipinski definition) is 5. The van der Waals surface area contributed by atoms with Gasteiger partial charge in [0.15, 0.2) is 0 Å². The number of nitrogens with zero attached hydrogens (tertiary/aromatic N) is 3. The zero-order valence-electron chi connectivity index (χ0n) is 10.9. The van der Waals surface area contributed by atoms with Gasteiger partial charge in [-0.1, -0.05) is 23.4 Å². The first kappa shape index (κ1) is 14.7. The Balaban J connectivity index is 2.27. The SMILES string of the molecule is Cc1nc(C)c(C(=O)O)c(SCc2cc(Cl)ccn2)n1. The summed E-state index contributed by atoms with van der Waals surface area (Å²) in [5.41, 5.74) is 1.38. The molecule has 2 heterocycles. The molecule has 2 aromatic heterocycles. The van der Waals surface area contributed by atoms with Crippen molar-refractivity contribution in [2.24, 2.45) is 0 Å². The standard InChI is InChI=1S/C13H12ClN3O2S/c1-7-11(13(18)19)12(17-8(2)16-7)20-6-10-5-9(14)3-4-15-10/h3-5H,6H2,1-2H3,(H,18,19). The molecule has 5 nitrogen and oxygen atoms in total. The number of carboxylic acids is 1. The summed E-state index contributed by atoms with van der Waals surface area (Å²) in [7, 11) is 0. The molecule has 0 atom stereocenters. The summed E-state index contributed by atoms with van der Waals surface area (Å²) < 4.78 is 0. The predicted octanol–water partition coefficient (Wildman–Crippen LogP) is 3.13. The molecule has 20 heavy (non-hydrogen) atoms. The molecule has 2 aromatic rings. The average Bonchev–Trinajstić information content (AvgIpc) is 2.35. The van der Waals surface area contributed by atoms with Gasteiger partial charge >= 0.3 is 5.97 Å². The van der Waals surface area contributed by atoms with Crippen molar-refractivity contribution in [1.82, 2.24) is 15.0 Å². The monoisotopic (exact) mass is 309 g/mol. The van der Waals surface area contributed by atoms with Gasteiger partial charge in [-0.2, -0.15) is 0 Å². The summed E-state index contributed by atoms with van der Waals surface area (Å²) in [5, 5.41) is 10.3. The van der Waals surface area contributed by atoms with E-state index in [9.17, 15) is 9.90 Å². The third-order valence-corrected chi connectivity index (χ3v) is 3.76. The van der Waals surface area contributed by atoms with Gasteiger partial charge in [-0.25, -0.2) is 14.8 Å². The van der Waals surface area contributed by atoms with Gasteiger partial charge in [-0.05, 0) is 26.0 Å². The van der Waals surface area contributed by atoms with Crippen molar-refractivity contribution in [3.05, 3.63) is 46.1 Å². The van der Waals surface area contributed by atoms with Gasteiger partial charge < -0.3 is 5.11 Å². The number of halogens is 1. The highest BCUT2D eigenvalue weighted by molar-refractivity contribution is 7.98. The molecule has 0 aliphatic rings. The molecule has 104 valence electrons. The van der Waals surface area contributed by atoms with E-state index >= 15 is 0 Å². The molecule has 0 amide bonds. The summed E-state index contributed by atoms with van der Waals surface area (Å²) in [6.07, 6.45) is 1.62. The van der Waals surface area contributed by atoms with Crippen molar-refractivity contribution < 1.29 is 9.90 Å². The van der Waals surface area contributed by atoms with Gasteiger partial charge in [0.2, 0.25) is 0 Å². The van der Waals surface area contributed by atoms with E-state index in [0.29, 0.717) is 27.3 Å². The molecule has 0 bridgehead atoms. The number of thioether (sulfide) groups is 1. The number of aryl methyl sites for hydroxylation is 2. The molecule has 0 saturated heterocycles. The number of hydrogen-bond donors (Lipinski definition) is 1. The average molecular weight is 310 g/mol. The number of carbonyl (C=O) groups is 1. The van der Waals surface area contributed by atoms with Crippen LogP contribution in [0.1, 0.15) is 27.6 Å². The Morgan fingerprint density at radius 2 is 2.15 bits per heavy atom. The van der Waals surface area contributed by atoms with Crippen LogP contribution in [0.25, 0.3) is 0 Å². The first-order valence-corrected chi connectivity index (χ1v) is 7.15. The fraction of sp³-hybridized carbons (Fsp3) is 0.231. The molecule has 2 rings (SSSR count). The van der Waals surface area contributed by atoms with E-state index < -0.39 is 5.97 Å². The molecular formula is C13H12ClN3O2S. The molecule has 0 unspecified atom stereocenters. The first-order chi connectivity index (χ1) is 9.47. The lowest BCUT2D eigenvalue weighted by molar-refractivity contribution is 0.0690. The lowest BCUT2D eigenvalue weighted by atomic mass is 10.2. The summed E-state index contributed by atoms with van der Waals surface area (Å²) >= 11 is 7.20. The molecule has 1 N–H and O–H groups in total. The predicted molar refractivity (Wildman–Crippen MR) is 77.3 cm³/mol. The van der Waals surface area contributed by atoms with Gasteiger partial charge in [0.1, 0.15) is 16.4 Å². The number of aromatic nitrogens is 3. The van der Waals surface area contributed by atoms with E-state index in [2.05, 4.69) is 15.0 Å². The largest absolute Gasteiger partial charge is 0.478 e. The van der Waals surface area contributed by atoms with E-state index in [-0.39, 0.29) is 5.56 Å². The third kappa shape index (κ3) is 3.46. The van der Waals surface area contributed by atoms with Crippen LogP contribution >= 0.6 is 23.4 Å². The molecule has 0 spiro atoms. The van der Waals surface area contributed by atoms with Gasteiger partial charge in [0.25, 0.3) is 0 Å². The number of rotatable bonds is 4. The fourth-order valence-electron chi connectivity index (χ4n) is 1.70. The maximum atomic E-state index is 11.3. The Morgan fingerprint density at radius 1 is 1.40 bits per heavy atom. The van der Waals surface area contributed by atoms with Crippen molar-refractivity contribution in [3.63, 3.8) is 0 Å². The summed E-state index contributed by atoms with van der Waals surface area (Å²) in [4.78, 5) is 23.8. The molecule has 0 aliphatic carbocycles. The van der Waals surface area contributed by atoms with E-state index in [1.807, 2.05) is 0 Å². The molecule has 0 aliphatic heterocycles. The Kier molecular flexibility index (Phi) is 4.57. The highest BCUT2D eigenvalue weighted by Crippen LogP contribution is 2.26. The Bertz CT molecular complexity index is 664. The second-order valence-electron chi connectivity index (χ2n) is 4.10. The van der Waals surface area contributed by atoms with Gasteiger partial charge in [-0.15, -0.1) is 0 Å². The van der Waals surface area contributed by atoms with Gasteiger partial charge in [0.05, 0.1) is 11.4 Å². The minimum atomic E-state index is -1.02. The molecule has 0 radical (unpaired) electrons. The van der Waals surface area contributed by atoms with Crippen LogP contribution in [-0.2, 0) is 5.75 Å². The van der Waals surface area contributed by atoms with E-state index in [0.717, 1.165) is 5.69 Å². The third-order valence-electron chi connectivity index (χ3n) is 2.52. The molecule has 7 heteroatoms. The Morgan fingerprint density at radius 3 is 2.80 bits per heavy atom. The summed E-state index contributed by atoms with van der Waals surface area (Å²) in [5.74, 6) is 0.0228. The summed E-state index contributed by atoms with van der Waals surface area (Å²) in [6, 6.07) is 3.44. The van der Waals surface area contributed by atoms with Gasteiger partial charge in [-0.3, -0.25) is 4.98 Å². The molecular weight excluding hydrogens is 298 g/mol. The van der Waals surface area contributed by atoms with Crippen molar-refractivity contribution in [1.29, 1.82) is 0 Å².